The SMILES string of the molecule is O=S(=O)(O)c1cc(Nc2cc(S)nc(S)n2)ccc1-c1ccc(Nc2cc(S)nc(S)n2)cc1S(=O)(=O)O.[NaH].[NaH]. The molecule has 0 aliphatic carbocycles. The summed E-state index contributed by atoms with van der Waals surface area (Å²) in [6, 6.07) is 10.4. The molecule has 0 saturated heterocycles. The van der Waals surface area contributed by atoms with Crippen LogP contribution in [0.2, 0.25) is 0 Å². The van der Waals surface area contributed by atoms with Gasteiger partial charge in [0.05, 0.1) is 10.1 Å². The summed E-state index contributed by atoms with van der Waals surface area (Å²) in [5.74, 6) is 0.466. The van der Waals surface area contributed by atoms with Gasteiger partial charge >= 0.3 is 59.1 Å². The maximum absolute atomic E-state index is 12.3. The molecule has 4 rings (SSSR count). The van der Waals surface area contributed by atoms with Crippen molar-refractivity contribution < 1.29 is 25.9 Å². The monoisotopic (exact) mass is 676 g/mol. The number of thiol groups is 4. The summed E-state index contributed by atoms with van der Waals surface area (Å²) >= 11 is 16.4. The van der Waals surface area contributed by atoms with Gasteiger partial charge in [0.1, 0.15) is 21.4 Å². The maximum atomic E-state index is 12.3. The number of rotatable bonds is 7. The van der Waals surface area contributed by atoms with Crippen LogP contribution in [-0.4, -0.2) is 105 Å². The van der Waals surface area contributed by atoms with Gasteiger partial charge < -0.3 is 10.6 Å². The second-order valence-electron chi connectivity index (χ2n) is 7.44. The molecule has 0 radical (unpaired) electrons. The normalized spacial score (nSPS) is 11.2. The third kappa shape index (κ3) is 9.21. The van der Waals surface area contributed by atoms with Crippen molar-refractivity contribution in [2.75, 3.05) is 10.6 Å². The Morgan fingerprint density at radius 2 is 0.925 bits per heavy atom. The van der Waals surface area contributed by atoms with Gasteiger partial charge in [-0.05, 0) is 24.3 Å². The van der Waals surface area contributed by atoms with Crippen molar-refractivity contribution in [1.82, 2.24) is 19.9 Å². The van der Waals surface area contributed by atoms with Gasteiger partial charge in [0, 0.05) is 34.6 Å². The first kappa shape index (κ1) is 35.6. The van der Waals surface area contributed by atoms with E-state index in [9.17, 15) is 25.9 Å². The molecule has 0 saturated carbocycles. The zero-order chi connectivity index (χ0) is 27.8. The molecule has 0 unspecified atom stereocenters. The first-order valence-corrected chi connectivity index (χ1v) is 14.7. The zero-order valence-electron chi connectivity index (χ0n) is 18.5. The molecule has 2 aromatic carbocycles. The van der Waals surface area contributed by atoms with Crippen LogP contribution in [0.1, 0.15) is 0 Å². The van der Waals surface area contributed by atoms with Crippen molar-refractivity contribution in [1.29, 1.82) is 0 Å². The minimum absolute atomic E-state index is 0. The van der Waals surface area contributed by atoms with Crippen LogP contribution in [0.4, 0.5) is 23.0 Å². The predicted octanol–water partition coefficient (Wildman–Crippen LogP) is 2.77. The van der Waals surface area contributed by atoms with Crippen molar-refractivity contribution in [2.45, 2.75) is 30.2 Å². The number of nitrogens with zero attached hydrogens (tertiary/aromatic N) is 4. The number of hydrogen-bond donors (Lipinski definition) is 8. The number of nitrogens with one attached hydrogen (secondary N) is 2. The number of benzene rings is 2. The molecule has 0 atom stereocenters. The van der Waals surface area contributed by atoms with Gasteiger partial charge in [-0.25, -0.2) is 19.9 Å². The zero-order valence-corrected chi connectivity index (χ0v) is 23.8. The fraction of sp³-hybridized carbons (Fsp3) is 0. The number of aromatic nitrogens is 4. The predicted molar refractivity (Wildman–Crippen MR) is 165 cm³/mol. The Morgan fingerprint density at radius 3 is 1.23 bits per heavy atom. The van der Waals surface area contributed by atoms with Crippen molar-refractivity contribution >= 4 is 153 Å². The second kappa shape index (κ2) is 14.3. The van der Waals surface area contributed by atoms with Crippen LogP contribution in [0.5, 0.6) is 0 Å². The number of anilines is 4. The van der Waals surface area contributed by atoms with Crippen LogP contribution >= 0.6 is 50.5 Å². The van der Waals surface area contributed by atoms with Gasteiger partial charge in [0.15, 0.2) is 10.3 Å². The summed E-state index contributed by atoms with van der Waals surface area (Å²) in [5, 5.41) is 6.49. The summed E-state index contributed by atoms with van der Waals surface area (Å²) in [7, 11) is -9.74. The molecule has 0 aliphatic rings. The third-order valence-electron chi connectivity index (χ3n) is 4.76. The van der Waals surface area contributed by atoms with Crippen molar-refractivity contribution in [3.8, 4) is 11.1 Å². The van der Waals surface area contributed by atoms with E-state index in [1.807, 2.05) is 0 Å². The molecular formula is C20H18N6Na2O6S6. The molecule has 20 heteroatoms. The fourth-order valence-corrected chi connectivity index (χ4v) is 5.83. The van der Waals surface area contributed by atoms with Gasteiger partial charge in [-0.15, -0.1) is 50.5 Å². The molecule has 12 nitrogen and oxygen atoms in total. The van der Waals surface area contributed by atoms with Gasteiger partial charge in [-0.3, -0.25) is 9.11 Å². The summed E-state index contributed by atoms with van der Waals surface area (Å²) in [6.07, 6.45) is 0. The molecule has 0 bridgehead atoms. The van der Waals surface area contributed by atoms with E-state index >= 15 is 0 Å². The van der Waals surface area contributed by atoms with E-state index < -0.39 is 30.0 Å². The van der Waals surface area contributed by atoms with Crippen LogP contribution in [0.25, 0.3) is 11.1 Å². The van der Waals surface area contributed by atoms with E-state index in [1.165, 1.54) is 36.4 Å². The minimum atomic E-state index is -4.87. The van der Waals surface area contributed by atoms with Crippen LogP contribution in [0, 0.1) is 0 Å². The van der Waals surface area contributed by atoms with Crippen molar-refractivity contribution in [3.05, 3.63) is 48.5 Å². The first-order valence-electron chi connectivity index (χ1n) is 10.0. The molecule has 2 aromatic heterocycles. The fourth-order valence-electron chi connectivity index (χ4n) is 3.34. The molecule has 0 fully saturated rings. The Labute approximate surface area is 295 Å². The molecule has 202 valence electrons. The average molecular weight is 677 g/mol. The Kier molecular flexibility index (Phi) is 12.7. The topological polar surface area (TPSA) is 184 Å². The van der Waals surface area contributed by atoms with Crippen molar-refractivity contribution in [3.63, 3.8) is 0 Å². The van der Waals surface area contributed by atoms with Crippen LogP contribution in [-0.2, 0) is 20.2 Å². The van der Waals surface area contributed by atoms with Gasteiger partial charge in [-0.2, -0.15) is 16.8 Å². The molecule has 0 aliphatic heterocycles. The van der Waals surface area contributed by atoms with Gasteiger partial charge in [-0.1, -0.05) is 12.1 Å². The summed E-state index contributed by atoms with van der Waals surface area (Å²) in [4.78, 5) is 14.6. The van der Waals surface area contributed by atoms with E-state index in [0.29, 0.717) is 10.1 Å². The van der Waals surface area contributed by atoms with E-state index in [4.69, 9.17) is 0 Å². The summed E-state index contributed by atoms with van der Waals surface area (Å²) in [5.41, 5.74) is -0.0220. The van der Waals surface area contributed by atoms with Crippen molar-refractivity contribution in [2.24, 2.45) is 0 Å². The average Bonchev–Trinajstić information content (AvgIpc) is 2.76. The molecule has 4 aromatic rings. The third-order valence-corrected chi connectivity index (χ3v) is 7.40. The standard InChI is InChI=1S/C20H16N6O6S6.2Na.2H/c27-37(28,29)13-5-9(21-15-7-17(33)25-19(35)23-15)1-3-11(13)12-4-2-10(6-14(12)38(30,31)32)22-16-8-18(34)26-20(36)24-16;;;;/h1-8H,(H,27,28,29)(H,30,31,32)(H3,21,23,25,33,35)(H3,22,24,26,34,36);;;;. The van der Waals surface area contributed by atoms with Crippen LogP contribution in [0.15, 0.2) is 78.7 Å². The molecule has 0 spiro atoms. The van der Waals surface area contributed by atoms with E-state index in [2.05, 4.69) is 81.1 Å². The van der Waals surface area contributed by atoms with Crippen LogP contribution < -0.4 is 10.6 Å². The number of hydrogen-bond acceptors (Lipinski definition) is 14. The summed E-state index contributed by atoms with van der Waals surface area (Å²) in [6.45, 7) is 0. The van der Waals surface area contributed by atoms with Crippen LogP contribution in [0.3, 0.4) is 0 Å². The molecule has 0 amide bonds. The molecular weight excluding hydrogens is 659 g/mol. The quantitative estimate of drug-likeness (QED) is 0.0472. The second-order valence-corrected chi connectivity index (χ2v) is 11.9. The van der Waals surface area contributed by atoms with E-state index in [1.54, 1.807) is 0 Å². The molecule has 2 heterocycles. The summed E-state index contributed by atoms with van der Waals surface area (Å²) < 4.78 is 69.1. The van der Waals surface area contributed by atoms with Gasteiger partial charge in [0.2, 0.25) is 0 Å². The Hall–Kier alpha value is -0.580. The molecule has 4 N–H and O–H groups in total. The van der Waals surface area contributed by atoms with E-state index in [-0.39, 0.29) is 104 Å². The first-order chi connectivity index (χ1) is 17.7. The van der Waals surface area contributed by atoms with Gasteiger partial charge in [0.25, 0.3) is 20.2 Å². The van der Waals surface area contributed by atoms with E-state index in [0.717, 1.165) is 12.1 Å². The Balaban J connectivity index is 0.00000280. The molecule has 40 heavy (non-hydrogen) atoms. The Bertz CT molecular complexity index is 1630. The Morgan fingerprint density at radius 1 is 0.575 bits per heavy atom.